The molecule has 1 aliphatic rings. The Balaban J connectivity index is 1.83. The Bertz CT molecular complexity index is 776. The average Bonchev–Trinajstić information content (AvgIpc) is 3.19. The zero-order valence-corrected chi connectivity index (χ0v) is 14.7. The van der Waals surface area contributed by atoms with E-state index in [4.69, 9.17) is 11.6 Å². The number of halogens is 1. The molecule has 1 aromatic heterocycles. The van der Waals surface area contributed by atoms with Crippen LogP contribution < -0.4 is 14.9 Å². The van der Waals surface area contributed by atoms with Gasteiger partial charge in [-0.25, -0.2) is 13.4 Å². The number of benzene rings is 1. The van der Waals surface area contributed by atoms with Gasteiger partial charge in [0.05, 0.1) is 15.6 Å². The van der Waals surface area contributed by atoms with E-state index in [1.54, 1.807) is 12.1 Å². The summed E-state index contributed by atoms with van der Waals surface area (Å²) in [7, 11) is -1.76. The fraction of sp³-hybridized carbons (Fsp3) is 0.385. The van der Waals surface area contributed by atoms with E-state index in [0.29, 0.717) is 11.1 Å². The molecule has 0 unspecified atom stereocenters. The molecule has 0 aliphatic carbocycles. The molecule has 0 radical (unpaired) electrons. The van der Waals surface area contributed by atoms with Gasteiger partial charge in [0, 0.05) is 31.2 Å². The lowest BCUT2D eigenvalue weighted by Crippen LogP contribution is -2.33. The minimum atomic E-state index is -3.72. The van der Waals surface area contributed by atoms with Crippen LogP contribution in [0.2, 0.25) is 5.02 Å². The quantitative estimate of drug-likeness (QED) is 0.830. The maximum Gasteiger partial charge on any atom is 0.263 e. The number of hydrogen-bond donors (Lipinski definition) is 2. The molecule has 0 amide bonds. The summed E-state index contributed by atoms with van der Waals surface area (Å²) in [5, 5.41) is 3.92. The molecule has 124 valence electrons. The molecular weight excluding hydrogens is 358 g/mol. The number of sulfonamides is 1. The topological polar surface area (TPSA) is 87.2 Å². The highest BCUT2D eigenvalue weighted by atomic mass is 35.5. The van der Waals surface area contributed by atoms with Crippen LogP contribution in [-0.4, -0.2) is 44.0 Å². The molecule has 2 heterocycles. The zero-order valence-electron chi connectivity index (χ0n) is 12.4. The third kappa shape index (κ3) is 3.57. The summed E-state index contributed by atoms with van der Waals surface area (Å²) in [6, 6.07) is 5.09. The van der Waals surface area contributed by atoms with E-state index in [0.717, 1.165) is 36.7 Å². The Morgan fingerprint density at radius 1 is 1.48 bits per heavy atom. The summed E-state index contributed by atoms with van der Waals surface area (Å²) in [6.45, 7) is 1.87. The van der Waals surface area contributed by atoms with Gasteiger partial charge in [0.1, 0.15) is 6.33 Å². The van der Waals surface area contributed by atoms with E-state index in [2.05, 4.69) is 24.3 Å². The van der Waals surface area contributed by atoms with Crippen molar-refractivity contribution in [2.75, 3.05) is 29.8 Å². The first-order valence-corrected chi connectivity index (χ1v) is 9.63. The Morgan fingerprint density at radius 3 is 2.91 bits per heavy atom. The normalized spacial score (nSPS) is 18.1. The van der Waals surface area contributed by atoms with E-state index in [9.17, 15) is 8.42 Å². The van der Waals surface area contributed by atoms with Crippen molar-refractivity contribution in [3.8, 4) is 0 Å². The van der Waals surface area contributed by atoms with Gasteiger partial charge in [-0.05, 0) is 31.2 Å². The van der Waals surface area contributed by atoms with Crippen molar-refractivity contribution in [3.63, 3.8) is 0 Å². The van der Waals surface area contributed by atoms with Crippen LogP contribution in [0.3, 0.4) is 0 Å². The molecule has 0 bridgehead atoms. The third-order valence-corrected chi connectivity index (χ3v) is 6.12. The van der Waals surface area contributed by atoms with Crippen molar-refractivity contribution in [2.45, 2.75) is 17.4 Å². The second kappa shape index (κ2) is 6.60. The molecule has 1 aliphatic heterocycles. The van der Waals surface area contributed by atoms with Gasteiger partial charge in [-0.2, -0.15) is 4.37 Å². The van der Waals surface area contributed by atoms with Gasteiger partial charge in [0.2, 0.25) is 5.13 Å². The third-order valence-electron chi connectivity index (χ3n) is 3.77. The van der Waals surface area contributed by atoms with Crippen molar-refractivity contribution in [1.82, 2.24) is 14.7 Å². The highest BCUT2D eigenvalue weighted by Gasteiger charge is 2.23. The van der Waals surface area contributed by atoms with E-state index in [-0.39, 0.29) is 10.0 Å². The summed E-state index contributed by atoms with van der Waals surface area (Å²) >= 11 is 7.28. The first-order valence-electron chi connectivity index (χ1n) is 7.00. The van der Waals surface area contributed by atoms with Crippen LogP contribution in [0.15, 0.2) is 29.4 Å². The summed E-state index contributed by atoms with van der Waals surface area (Å²) in [6.07, 6.45) is 2.33. The number of likely N-dealkylation sites (N-methyl/N-ethyl adjacent to an activating group) is 1. The predicted molar refractivity (Wildman–Crippen MR) is 91.8 cm³/mol. The monoisotopic (exact) mass is 373 g/mol. The maximum absolute atomic E-state index is 12.3. The molecule has 1 atom stereocenters. The number of nitrogens with zero attached hydrogens (tertiary/aromatic N) is 3. The van der Waals surface area contributed by atoms with Crippen molar-refractivity contribution >= 4 is 44.0 Å². The van der Waals surface area contributed by atoms with Crippen LogP contribution in [0.25, 0.3) is 0 Å². The molecule has 0 saturated carbocycles. The van der Waals surface area contributed by atoms with E-state index in [1.807, 2.05) is 7.05 Å². The second-order valence-electron chi connectivity index (χ2n) is 5.22. The molecule has 1 fully saturated rings. The molecule has 2 N–H and O–H groups in total. The molecule has 23 heavy (non-hydrogen) atoms. The Morgan fingerprint density at radius 2 is 2.30 bits per heavy atom. The molecule has 0 spiro atoms. The van der Waals surface area contributed by atoms with Gasteiger partial charge in [-0.3, -0.25) is 4.72 Å². The molecule has 10 heteroatoms. The summed E-state index contributed by atoms with van der Waals surface area (Å²) in [5.74, 6) is 0. The van der Waals surface area contributed by atoms with Crippen LogP contribution in [0.1, 0.15) is 6.42 Å². The lowest BCUT2D eigenvalue weighted by Gasteiger charge is -2.27. The Hall–Kier alpha value is -1.42. The second-order valence-corrected chi connectivity index (χ2v) is 8.09. The standard InChI is InChI=1S/C13H16ClN5O2S2/c1-19(9-4-5-15-7-9)12-3-2-10(6-11(12)14)23(20,21)18-13-16-8-17-22-13/h2-3,6,8-9,15H,4-5,7H2,1H3,(H,16,17,18)/t9-/m0/s1. The van der Waals surface area contributed by atoms with Crippen molar-refractivity contribution in [3.05, 3.63) is 29.5 Å². The minimum Gasteiger partial charge on any atom is -0.369 e. The Labute approximate surface area is 143 Å². The number of hydrogen-bond acceptors (Lipinski definition) is 7. The summed E-state index contributed by atoms with van der Waals surface area (Å²) in [5.41, 5.74) is 0.815. The van der Waals surface area contributed by atoms with E-state index >= 15 is 0 Å². The molecule has 7 nitrogen and oxygen atoms in total. The maximum atomic E-state index is 12.3. The van der Waals surface area contributed by atoms with Crippen LogP contribution in [-0.2, 0) is 10.0 Å². The van der Waals surface area contributed by atoms with Crippen LogP contribution in [0, 0.1) is 0 Å². The van der Waals surface area contributed by atoms with Gasteiger partial charge >= 0.3 is 0 Å². The minimum absolute atomic E-state index is 0.0967. The van der Waals surface area contributed by atoms with Gasteiger partial charge in [-0.15, -0.1) is 0 Å². The fourth-order valence-corrected chi connectivity index (χ4v) is 4.57. The summed E-state index contributed by atoms with van der Waals surface area (Å²) in [4.78, 5) is 5.99. The molecule has 1 saturated heterocycles. The van der Waals surface area contributed by atoms with Crippen LogP contribution in [0.4, 0.5) is 10.8 Å². The van der Waals surface area contributed by atoms with Gasteiger partial charge < -0.3 is 10.2 Å². The lowest BCUT2D eigenvalue weighted by molar-refractivity contribution is 0.601. The van der Waals surface area contributed by atoms with E-state index in [1.165, 1.54) is 12.4 Å². The van der Waals surface area contributed by atoms with Crippen molar-refractivity contribution in [2.24, 2.45) is 0 Å². The fourth-order valence-electron chi connectivity index (χ4n) is 2.50. The molecule has 2 aromatic rings. The SMILES string of the molecule is CN(c1ccc(S(=O)(=O)Nc2ncns2)cc1Cl)[C@H]1CCNC1. The highest BCUT2D eigenvalue weighted by Crippen LogP contribution is 2.30. The van der Waals surface area contributed by atoms with Gasteiger partial charge in [0.25, 0.3) is 10.0 Å². The number of nitrogens with one attached hydrogen (secondary N) is 2. The number of aromatic nitrogens is 2. The molecular formula is C13H16ClN5O2S2. The summed E-state index contributed by atoms with van der Waals surface area (Å²) < 4.78 is 30.8. The predicted octanol–water partition coefficient (Wildman–Crippen LogP) is 1.79. The smallest absolute Gasteiger partial charge is 0.263 e. The highest BCUT2D eigenvalue weighted by molar-refractivity contribution is 7.93. The van der Waals surface area contributed by atoms with Crippen LogP contribution >= 0.6 is 23.1 Å². The first-order chi connectivity index (χ1) is 11.0. The zero-order chi connectivity index (χ0) is 16.4. The van der Waals surface area contributed by atoms with Crippen LogP contribution in [0.5, 0.6) is 0 Å². The number of anilines is 2. The molecule has 1 aromatic carbocycles. The molecule has 3 rings (SSSR count). The average molecular weight is 374 g/mol. The lowest BCUT2D eigenvalue weighted by atomic mass is 10.2. The number of rotatable bonds is 5. The largest absolute Gasteiger partial charge is 0.369 e. The van der Waals surface area contributed by atoms with E-state index < -0.39 is 10.0 Å². The van der Waals surface area contributed by atoms with Gasteiger partial charge in [0.15, 0.2) is 0 Å². The van der Waals surface area contributed by atoms with Crippen molar-refractivity contribution < 1.29 is 8.42 Å². The van der Waals surface area contributed by atoms with Gasteiger partial charge in [-0.1, -0.05) is 11.6 Å². The first kappa shape index (κ1) is 16.4. The van der Waals surface area contributed by atoms with Crippen molar-refractivity contribution in [1.29, 1.82) is 0 Å². The Kier molecular flexibility index (Phi) is 4.72.